The van der Waals surface area contributed by atoms with E-state index in [9.17, 15) is 13.7 Å². The van der Waals surface area contributed by atoms with E-state index in [1.807, 2.05) is 37.3 Å². The maximum absolute atomic E-state index is 11.9. The van der Waals surface area contributed by atoms with Crippen LogP contribution >= 0.6 is 0 Å². The monoisotopic (exact) mass is 338 g/mol. The van der Waals surface area contributed by atoms with Gasteiger partial charge in [0.2, 0.25) is 10.0 Å². The molecule has 0 aliphatic rings. The summed E-state index contributed by atoms with van der Waals surface area (Å²) >= 11 is 0. The van der Waals surface area contributed by atoms with E-state index in [0.717, 1.165) is 11.1 Å². The van der Waals surface area contributed by atoms with Gasteiger partial charge in [0.15, 0.2) is 5.69 Å². The lowest BCUT2D eigenvalue weighted by molar-refractivity contribution is 0.596. The molecule has 0 radical (unpaired) electrons. The molecule has 0 unspecified atom stereocenters. The molecule has 120 valence electrons. The summed E-state index contributed by atoms with van der Waals surface area (Å²) in [6.07, 6.45) is 0. The molecule has 0 aliphatic heterocycles. The number of nitrogens with two attached hydrogens (primary N) is 1. The quantitative estimate of drug-likeness (QED) is 0.792. The second kappa shape index (κ2) is 5.92. The molecule has 7 heteroatoms. The second-order valence-corrected chi connectivity index (χ2v) is 6.85. The largest absolute Gasteiger partial charge is 0.240 e. The second-order valence-electron chi connectivity index (χ2n) is 5.32. The predicted molar refractivity (Wildman–Crippen MR) is 89.8 cm³/mol. The first-order valence-corrected chi connectivity index (χ1v) is 8.64. The van der Waals surface area contributed by atoms with E-state index in [4.69, 9.17) is 5.14 Å². The van der Waals surface area contributed by atoms with Crippen molar-refractivity contribution < 1.29 is 8.42 Å². The number of sulfonamides is 1. The number of primary sulfonamides is 1. The van der Waals surface area contributed by atoms with Gasteiger partial charge >= 0.3 is 0 Å². The first-order chi connectivity index (χ1) is 11.4. The highest BCUT2D eigenvalue weighted by Gasteiger charge is 2.19. The van der Waals surface area contributed by atoms with Crippen LogP contribution in [0, 0.1) is 18.3 Å². The third-order valence-corrected chi connectivity index (χ3v) is 4.53. The van der Waals surface area contributed by atoms with Gasteiger partial charge in [-0.3, -0.25) is 0 Å². The molecule has 0 spiro atoms. The average Bonchev–Trinajstić information content (AvgIpc) is 2.99. The first kappa shape index (κ1) is 15.9. The van der Waals surface area contributed by atoms with Gasteiger partial charge in [-0.15, -0.1) is 0 Å². The predicted octanol–water partition coefficient (Wildman–Crippen LogP) is 2.37. The van der Waals surface area contributed by atoms with Crippen LogP contribution in [-0.2, 0) is 10.0 Å². The van der Waals surface area contributed by atoms with Crippen LogP contribution in [-0.4, -0.2) is 18.2 Å². The van der Waals surface area contributed by atoms with Gasteiger partial charge < -0.3 is 0 Å². The van der Waals surface area contributed by atoms with Crippen LogP contribution in [0.2, 0.25) is 0 Å². The lowest BCUT2D eigenvalue weighted by Crippen LogP contribution is -2.16. The van der Waals surface area contributed by atoms with E-state index in [1.165, 1.54) is 10.7 Å². The fraction of sp³-hybridized carbons (Fsp3) is 0.0588. The Morgan fingerprint density at radius 1 is 1.12 bits per heavy atom. The van der Waals surface area contributed by atoms with Gasteiger partial charge in [-0.05, 0) is 19.1 Å². The van der Waals surface area contributed by atoms with E-state index < -0.39 is 10.0 Å². The fourth-order valence-electron chi connectivity index (χ4n) is 2.42. The summed E-state index contributed by atoms with van der Waals surface area (Å²) in [5.41, 5.74) is 3.02. The van der Waals surface area contributed by atoms with Crippen molar-refractivity contribution in [1.29, 1.82) is 5.26 Å². The van der Waals surface area contributed by atoms with E-state index in [-0.39, 0.29) is 10.6 Å². The molecule has 2 aromatic carbocycles. The lowest BCUT2D eigenvalue weighted by atomic mass is 10.1. The maximum atomic E-state index is 11.9. The highest BCUT2D eigenvalue weighted by atomic mass is 32.2. The summed E-state index contributed by atoms with van der Waals surface area (Å²) < 4.78 is 25.2. The standard InChI is InChI=1S/C17H14N4O2S/c1-12-6-8-13(9-7-12)16-10-14(11-18)20-21(16)15-4-2-3-5-17(15)24(19,22)23/h2-10H,1H3,(H2,19,22,23). The number of aromatic nitrogens is 2. The fourth-order valence-corrected chi connectivity index (χ4v) is 3.14. The minimum atomic E-state index is -3.93. The number of nitriles is 1. The normalized spacial score (nSPS) is 11.2. The van der Waals surface area contributed by atoms with Crippen molar-refractivity contribution in [2.45, 2.75) is 11.8 Å². The van der Waals surface area contributed by atoms with Crippen LogP contribution in [0.25, 0.3) is 16.9 Å². The summed E-state index contributed by atoms with van der Waals surface area (Å²) in [5.74, 6) is 0. The Bertz CT molecular complexity index is 1040. The maximum Gasteiger partial charge on any atom is 0.240 e. The van der Waals surface area contributed by atoms with Crippen LogP contribution < -0.4 is 5.14 Å². The molecule has 3 aromatic rings. The molecule has 0 amide bonds. The van der Waals surface area contributed by atoms with Crippen molar-refractivity contribution in [3.8, 4) is 23.0 Å². The Morgan fingerprint density at radius 2 is 1.79 bits per heavy atom. The zero-order valence-corrected chi connectivity index (χ0v) is 13.7. The third kappa shape index (κ3) is 2.93. The van der Waals surface area contributed by atoms with Gasteiger partial charge in [0.25, 0.3) is 0 Å². The van der Waals surface area contributed by atoms with Gasteiger partial charge in [0.1, 0.15) is 11.0 Å². The summed E-state index contributed by atoms with van der Waals surface area (Å²) in [5, 5.41) is 18.7. The van der Waals surface area contributed by atoms with E-state index >= 15 is 0 Å². The van der Waals surface area contributed by atoms with E-state index in [2.05, 4.69) is 5.10 Å². The minimum absolute atomic E-state index is 0.0500. The number of rotatable bonds is 3. The highest BCUT2D eigenvalue weighted by Crippen LogP contribution is 2.27. The molecule has 0 atom stereocenters. The van der Waals surface area contributed by atoms with Crippen molar-refractivity contribution in [2.75, 3.05) is 0 Å². The summed E-state index contributed by atoms with van der Waals surface area (Å²) in [4.78, 5) is -0.0500. The van der Waals surface area contributed by atoms with Crippen molar-refractivity contribution in [2.24, 2.45) is 5.14 Å². The SMILES string of the molecule is Cc1ccc(-c2cc(C#N)nn2-c2ccccc2S(N)(=O)=O)cc1. The van der Waals surface area contributed by atoms with Crippen LogP contribution in [0.1, 0.15) is 11.3 Å². The third-order valence-electron chi connectivity index (χ3n) is 3.57. The Labute approximate surface area is 139 Å². The van der Waals surface area contributed by atoms with E-state index in [1.54, 1.807) is 24.3 Å². The zero-order valence-electron chi connectivity index (χ0n) is 12.8. The molecule has 0 saturated carbocycles. The number of hydrogen-bond donors (Lipinski definition) is 1. The number of benzene rings is 2. The average molecular weight is 338 g/mol. The number of nitrogens with zero attached hydrogens (tertiary/aromatic N) is 3. The Balaban J connectivity index is 2.29. The Morgan fingerprint density at radius 3 is 2.42 bits per heavy atom. The molecule has 2 N–H and O–H groups in total. The van der Waals surface area contributed by atoms with Gasteiger partial charge in [0.05, 0.1) is 11.4 Å². The molecular weight excluding hydrogens is 324 g/mol. The summed E-state index contributed by atoms with van der Waals surface area (Å²) in [6.45, 7) is 1.97. The molecular formula is C17H14N4O2S. The number of para-hydroxylation sites is 1. The van der Waals surface area contributed by atoms with E-state index in [0.29, 0.717) is 11.4 Å². The van der Waals surface area contributed by atoms with Crippen LogP contribution in [0.3, 0.4) is 0 Å². The molecule has 0 saturated heterocycles. The van der Waals surface area contributed by atoms with Crippen molar-refractivity contribution >= 4 is 10.0 Å². The molecule has 3 rings (SSSR count). The highest BCUT2D eigenvalue weighted by molar-refractivity contribution is 7.89. The van der Waals surface area contributed by atoms with Crippen LogP contribution in [0.5, 0.6) is 0 Å². The smallest absolute Gasteiger partial charge is 0.230 e. The molecule has 1 aromatic heterocycles. The van der Waals surface area contributed by atoms with Gasteiger partial charge in [-0.2, -0.15) is 10.4 Å². The van der Waals surface area contributed by atoms with Crippen LogP contribution in [0.15, 0.2) is 59.5 Å². The molecule has 24 heavy (non-hydrogen) atoms. The zero-order chi connectivity index (χ0) is 17.3. The molecule has 0 aliphatic carbocycles. The summed E-state index contributed by atoms with van der Waals surface area (Å²) in [6, 6.07) is 17.5. The van der Waals surface area contributed by atoms with Crippen molar-refractivity contribution in [3.63, 3.8) is 0 Å². The lowest BCUT2D eigenvalue weighted by Gasteiger charge is -2.11. The number of aryl methyl sites for hydroxylation is 1. The van der Waals surface area contributed by atoms with Crippen molar-refractivity contribution in [3.05, 3.63) is 65.9 Å². The van der Waals surface area contributed by atoms with Crippen LogP contribution in [0.4, 0.5) is 0 Å². The summed E-state index contributed by atoms with van der Waals surface area (Å²) in [7, 11) is -3.93. The molecule has 1 heterocycles. The Kier molecular flexibility index (Phi) is 3.93. The molecule has 0 bridgehead atoms. The Hall–Kier alpha value is -2.95. The van der Waals surface area contributed by atoms with Gasteiger partial charge in [0, 0.05) is 11.6 Å². The van der Waals surface area contributed by atoms with Crippen molar-refractivity contribution in [1.82, 2.24) is 9.78 Å². The van der Waals surface area contributed by atoms with Gasteiger partial charge in [-0.25, -0.2) is 18.2 Å². The van der Waals surface area contributed by atoms with Gasteiger partial charge in [-0.1, -0.05) is 42.0 Å². The first-order valence-electron chi connectivity index (χ1n) is 7.09. The molecule has 6 nitrogen and oxygen atoms in total. The number of hydrogen-bond acceptors (Lipinski definition) is 4. The topological polar surface area (TPSA) is 102 Å². The molecule has 0 fully saturated rings. The minimum Gasteiger partial charge on any atom is -0.230 e.